The van der Waals surface area contributed by atoms with E-state index in [9.17, 15) is 14.7 Å². The Hall–Kier alpha value is -1.56. The molecule has 1 aromatic rings. The van der Waals surface area contributed by atoms with Crippen LogP contribution in [0.2, 0.25) is 0 Å². The van der Waals surface area contributed by atoms with Crippen LogP contribution in [0.5, 0.6) is 0 Å². The Morgan fingerprint density at radius 3 is 2.62 bits per heavy atom. The zero-order chi connectivity index (χ0) is 21.6. The number of aromatic nitrogens is 2. The highest BCUT2D eigenvalue weighted by Crippen LogP contribution is 2.50. The van der Waals surface area contributed by atoms with Gasteiger partial charge in [-0.3, -0.25) is 14.3 Å². The van der Waals surface area contributed by atoms with Crippen LogP contribution in [0.1, 0.15) is 59.4 Å². The number of aliphatic hydroxyl groups excluding tert-OH is 1. The minimum atomic E-state index is -1.51. The SMILES string of the molecule is CC(C)N(C(C)C)P(OCCC#N)O[C@@H]1C[C@H](O)CC[C@H]1n1ccc(=O)[nH]c1=O. The molecule has 162 valence electrons. The zero-order valence-corrected chi connectivity index (χ0v) is 18.3. The maximum absolute atomic E-state index is 12.3. The number of nitrogens with zero attached hydrogens (tertiary/aromatic N) is 3. The Morgan fingerprint density at radius 2 is 2.03 bits per heavy atom. The number of aliphatic hydroxyl groups is 1. The molecule has 2 N–H and O–H groups in total. The van der Waals surface area contributed by atoms with Gasteiger partial charge >= 0.3 is 5.69 Å². The van der Waals surface area contributed by atoms with Crippen molar-refractivity contribution in [2.24, 2.45) is 0 Å². The average Bonchev–Trinajstić information content (AvgIpc) is 2.62. The van der Waals surface area contributed by atoms with Crippen LogP contribution in [0.3, 0.4) is 0 Å². The van der Waals surface area contributed by atoms with Crippen molar-refractivity contribution in [3.8, 4) is 6.07 Å². The predicted octanol–water partition coefficient (Wildman–Crippen LogP) is 2.28. The van der Waals surface area contributed by atoms with Gasteiger partial charge in [-0.1, -0.05) is 0 Å². The number of rotatable bonds is 9. The topological polar surface area (TPSA) is 121 Å². The Balaban J connectivity index is 2.31. The maximum atomic E-state index is 12.3. The van der Waals surface area contributed by atoms with Crippen LogP contribution < -0.4 is 11.2 Å². The van der Waals surface area contributed by atoms with Gasteiger partial charge in [0.25, 0.3) is 14.1 Å². The molecule has 0 amide bonds. The molecule has 4 atom stereocenters. The first-order valence-electron chi connectivity index (χ1n) is 9.99. The summed E-state index contributed by atoms with van der Waals surface area (Å²) in [5, 5.41) is 19.1. The second-order valence-corrected chi connectivity index (χ2v) is 9.15. The van der Waals surface area contributed by atoms with E-state index in [0.717, 1.165) is 0 Å². The second-order valence-electron chi connectivity index (χ2n) is 7.74. The Labute approximate surface area is 172 Å². The molecule has 0 aliphatic heterocycles. The lowest BCUT2D eigenvalue weighted by Gasteiger charge is -2.41. The predicted molar refractivity (Wildman–Crippen MR) is 110 cm³/mol. The summed E-state index contributed by atoms with van der Waals surface area (Å²) < 4.78 is 15.9. The van der Waals surface area contributed by atoms with Gasteiger partial charge in [-0.25, -0.2) is 9.46 Å². The average molecular weight is 426 g/mol. The highest BCUT2D eigenvalue weighted by Gasteiger charge is 2.37. The molecular formula is C19H31N4O5P. The second kappa shape index (κ2) is 11.0. The zero-order valence-electron chi connectivity index (χ0n) is 17.4. The number of aromatic amines is 1. The van der Waals surface area contributed by atoms with Crippen molar-refractivity contribution in [3.05, 3.63) is 33.1 Å². The first-order valence-corrected chi connectivity index (χ1v) is 11.1. The molecule has 1 heterocycles. The van der Waals surface area contributed by atoms with Crippen LogP contribution >= 0.6 is 8.53 Å². The van der Waals surface area contributed by atoms with E-state index in [-0.39, 0.29) is 31.2 Å². The number of H-pyrrole nitrogens is 1. The molecule has 1 saturated carbocycles. The van der Waals surface area contributed by atoms with E-state index in [1.165, 1.54) is 16.8 Å². The van der Waals surface area contributed by atoms with E-state index in [2.05, 4.69) is 15.7 Å². The summed E-state index contributed by atoms with van der Waals surface area (Å²) in [6.07, 6.45) is 2.18. The summed E-state index contributed by atoms with van der Waals surface area (Å²) in [6, 6.07) is 3.34. The van der Waals surface area contributed by atoms with Gasteiger partial charge < -0.3 is 14.2 Å². The third kappa shape index (κ3) is 6.46. The lowest BCUT2D eigenvalue weighted by Crippen LogP contribution is -2.42. The van der Waals surface area contributed by atoms with E-state index >= 15 is 0 Å². The van der Waals surface area contributed by atoms with Gasteiger partial charge in [0.05, 0.1) is 37.3 Å². The molecule has 0 aromatic carbocycles. The molecule has 1 aliphatic carbocycles. The molecule has 1 aromatic heterocycles. The first kappa shape index (κ1) is 23.7. The fourth-order valence-electron chi connectivity index (χ4n) is 3.62. The lowest BCUT2D eigenvalue weighted by molar-refractivity contribution is 0.00871. The minimum absolute atomic E-state index is 0.144. The van der Waals surface area contributed by atoms with E-state index in [1.54, 1.807) is 0 Å². The maximum Gasteiger partial charge on any atom is 0.328 e. The normalized spacial score (nSPS) is 23.5. The molecule has 2 rings (SSSR count). The van der Waals surface area contributed by atoms with Crippen LogP contribution in [0, 0.1) is 11.3 Å². The monoisotopic (exact) mass is 426 g/mol. The van der Waals surface area contributed by atoms with Crippen LogP contribution in [-0.4, -0.2) is 50.2 Å². The summed E-state index contributed by atoms with van der Waals surface area (Å²) in [4.78, 5) is 26.0. The molecule has 1 aliphatic rings. The molecule has 1 fully saturated rings. The fourth-order valence-corrected chi connectivity index (χ4v) is 5.39. The third-order valence-corrected chi connectivity index (χ3v) is 6.98. The number of nitriles is 1. The van der Waals surface area contributed by atoms with Gasteiger partial charge in [0.1, 0.15) is 0 Å². The van der Waals surface area contributed by atoms with Gasteiger partial charge in [-0.05, 0) is 40.5 Å². The number of nitrogens with one attached hydrogen (secondary N) is 1. The van der Waals surface area contributed by atoms with Crippen molar-refractivity contribution >= 4 is 8.53 Å². The van der Waals surface area contributed by atoms with Gasteiger partial charge in [-0.15, -0.1) is 0 Å². The van der Waals surface area contributed by atoms with Crippen molar-refractivity contribution < 1.29 is 14.2 Å². The Bertz CT molecular complexity index is 795. The highest BCUT2D eigenvalue weighted by molar-refractivity contribution is 7.44. The molecule has 0 spiro atoms. The molecule has 10 heteroatoms. The summed E-state index contributed by atoms with van der Waals surface area (Å²) >= 11 is 0. The van der Waals surface area contributed by atoms with Gasteiger partial charge in [0, 0.05) is 30.8 Å². The van der Waals surface area contributed by atoms with Crippen molar-refractivity contribution in [1.29, 1.82) is 5.26 Å². The molecule has 1 unspecified atom stereocenters. The van der Waals surface area contributed by atoms with E-state index in [0.29, 0.717) is 19.3 Å². The first-order chi connectivity index (χ1) is 13.7. The summed E-state index contributed by atoms with van der Waals surface area (Å²) in [6.45, 7) is 8.44. The lowest BCUT2D eigenvalue weighted by atomic mass is 9.90. The van der Waals surface area contributed by atoms with Crippen molar-refractivity contribution in [1.82, 2.24) is 14.2 Å². The Morgan fingerprint density at radius 1 is 1.34 bits per heavy atom. The van der Waals surface area contributed by atoms with Crippen molar-refractivity contribution in [2.45, 2.75) is 83.7 Å². The summed E-state index contributed by atoms with van der Waals surface area (Å²) in [5.41, 5.74) is -0.945. The van der Waals surface area contributed by atoms with Crippen LogP contribution in [-0.2, 0) is 9.05 Å². The summed E-state index contributed by atoms with van der Waals surface area (Å²) in [7, 11) is -1.51. The van der Waals surface area contributed by atoms with Crippen LogP contribution in [0.4, 0.5) is 0 Å². The molecule has 0 saturated heterocycles. The molecule has 9 nitrogen and oxygen atoms in total. The van der Waals surface area contributed by atoms with Crippen LogP contribution in [0.15, 0.2) is 21.9 Å². The third-order valence-electron chi connectivity index (χ3n) is 4.83. The number of hydrogen-bond donors (Lipinski definition) is 2. The standard InChI is InChI=1S/C19H31N4O5P/c1-13(2)23(14(3)4)29(27-11-5-9-20)28-17-12-15(24)6-7-16(17)22-10-8-18(25)21-19(22)26/h8,10,13-17,24H,5-7,11-12H2,1-4H3,(H,21,25,26)/t15-,16-,17-,29?/m1/s1. The van der Waals surface area contributed by atoms with E-state index in [1.807, 2.05) is 27.7 Å². The molecule has 29 heavy (non-hydrogen) atoms. The van der Waals surface area contributed by atoms with E-state index < -0.39 is 32.0 Å². The molecule has 0 radical (unpaired) electrons. The van der Waals surface area contributed by atoms with Crippen molar-refractivity contribution in [3.63, 3.8) is 0 Å². The summed E-state index contributed by atoms with van der Waals surface area (Å²) in [5.74, 6) is 0. The van der Waals surface area contributed by atoms with Crippen molar-refractivity contribution in [2.75, 3.05) is 6.61 Å². The highest BCUT2D eigenvalue weighted by atomic mass is 31.2. The molecular weight excluding hydrogens is 395 g/mol. The minimum Gasteiger partial charge on any atom is -0.393 e. The quantitative estimate of drug-likeness (QED) is 0.459. The molecule has 0 bridgehead atoms. The fraction of sp³-hybridized carbons (Fsp3) is 0.737. The Kier molecular flexibility index (Phi) is 9.00. The van der Waals surface area contributed by atoms with Gasteiger partial charge in [0.2, 0.25) is 0 Å². The van der Waals surface area contributed by atoms with E-state index in [4.69, 9.17) is 14.3 Å². The smallest absolute Gasteiger partial charge is 0.328 e. The van der Waals surface area contributed by atoms with Gasteiger partial charge in [0.15, 0.2) is 0 Å². The largest absolute Gasteiger partial charge is 0.393 e. The number of hydrogen-bond acceptors (Lipinski definition) is 7. The van der Waals surface area contributed by atoms with Gasteiger partial charge in [-0.2, -0.15) is 5.26 Å². The van der Waals surface area contributed by atoms with Crippen LogP contribution in [0.25, 0.3) is 0 Å².